The van der Waals surface area contributed by atoms with Gasteiger partial charge in [-0.3, -0.25) is 9.59 Å². The number of hydrogen-bond acceptors (Lipinski definition) is 7. The minimum atomic E-state index is -0.368. The largest absolute Gasteiger partial charge is 0.330 e. The number of hydrogen-bond donors (Lipinski definition) is 2. The number of anilines is 3. The summed E-state index contributed by atoms with van der Waals surface area (Å²) in [6.07, 6.45) is 0. The summed E-state index contributed by atoms with van der Waals surface area (Å²) in [4.78, 5) is 23.9. The van der Waals surface area contributed by atoms with Gasteiger partial charge in [0.1, 0.15) is 0 Å². The van der Waals surface area contributed by atoms with Gasteiger partial charge in [0, 0.05) is 21.4 Å². The van der Waals surface area contributed by atoms with Crippen molar-refractivity contribution in [2.75, 3.05) is 10.6 Å². The van der Waals surface area contributed by atoms with E-state index in [9.17, 15) is 9.59 Å². The maximum Gasteiger partial charge on any atom is 0.237 e. The molecule has 1 aromatic heterocycles. The molecule has 0 aliphatic rings. The molecule has 0 aliphatic carbocycles. The maximum atomic E-state index is 12.5. The van der Waals surface area contributed by atoms with Crippen LogP contribution in [0.5, 0.6) is 0 Å². The van der Waals surface area contributed by atoms with Crippen LogP contribution in [-0.2, 0) is 4.79 Å². The van der Waals surface area contributed by atoms with Crippen molar-refractivity contribution in [2.45, 2.75) is 23.4 Å². The van der Waals surface area contributed by atoms with Crippen LogP contribution in [0.15, 0.2) is 57.3 Å². The van der Waals surface area contributed by atoms with E-state index in [1.54, 1.807) is 31.2 Å². The Morgan fingerprint density at radius 1 is 1.11 bits per heavy atom. The first-order valence-corrected chi connectivity index (χ1v) is 10.8. The number of Topliss-reactive ketones (excluding diaryl/α,β-unsaturated/α-hetero) is 1. The summed E-state index contributed by atoms with van der Waals surface area (Å²) in [5, 5.41) is 14.6. The molecular formula is C19H17BrN4O2S2. The average molecular weight is 477 g/mol. The second kappa shape index (κ2) is 9.31. The Labute approximate surface area is 179 Å². The van der Waals surface area contributed by atoms with E-state index >= 15 is 0 Å². The molecule has 1 unspecified atom stereocenters. The van der Waals surface area contributed by atoms with E-state index in [0.717, 1.165) is 10.2 Å². The fraction of sp³-hybridized carbons (Fsp3) is 0.158. The third-order valence-corrected chi connectivity index (χ3v) is 6.18. The number of nitrogens with zero attached hydrogens (tertiary/aromatic N) is 2. The van der Waals surface area contributed by atoms with E-state index in [1.807, 2.05) is 24.3 Å². The summed E-state index contributed by atoms with van der Waals surface area (Å²) < 4.78 is 1.66. The van der Waals surface area contributed by atoms with Gasteiger partial charge in [-0.25, -0.2) is 0 Å². The molecular weight excluding hydrogens is 460 g/mol. The van der Waals surface area contributed by atoms with Crippen LogP contribution in [0.3, 0.4) is 0 Å². The average Bonchev–Trinajstić information content (AvgIpc) is 3.08. The summed E-state index contributed by atoms with van der Waals surface area (Å²) >= 11 is 6.14. The van der Waals surface area contributed by atoms with Crippen LogP contribution in [0.4, 0.5) is 16.5 Å². The first-order valence-electron chi connectivity index (χ1n) is 8.35. The molecule has 1 heterocycles. The molecule has 2 aromatic carbocycles. The van der Waals surface area contributed by atoms with Crippen molar-refractivity contribution in [3.05, 3.63) is 58.6 Å². The molecule has 3 aromatic rings. The summed E-state index contributed by atoms with van der Waals surface area (Å²) in [6, 6.07) is 14.6. The smallest absolute Gasteiger partial charge is 0.237 e. The second-order valence-electron chi connectivity index (χ2n) is 5.89. The van der Waals surface area contributed by atoms with Gasteiger partial charge in [-0.15, -0.1) is 10.2 Å². The van der Waals surface area contributed by atoms with Crippen LogP contribution < -0.4 is 10.6 Å². The van der Waals surface area contributed by atoms with Gasteiger partial charge < -0.3 is 10.6 Å². The van der Waals surface area contributed by atoms with E-state index in [2.05, 4.69) is 36.8 Å². The lowest BCUT2D eigenvalue weighted by Crippen LogP contribution is -2.22. The van der Waals surface area contributed by atoms with Crippen LogP contribution in [0.25, 0.3) is 0 Å². The van der Waals surface area contributed by atoms with Crippen molar-refractivity contribution >= 4 is 67.2 Å². The minimum absolute atomic E-state index is 0.0437. The summed E-state index contributed by atoms with van der Waals surface area (Å²) in [6.45, 7) is 3.30. The molecule has 1 atom stereocenters. The van der Waals surface area contributed by atoms with Crippen molar-refractivity contribution in [2.24, 2.45) is 0 Å². The van der Waals surface area contributed by atoms with E-state index < -0.39 is 0 Å². The van der Waals surface area contributed by atoms with Crippen LogP contribution in [-0.4, -0.2) is 27.1 Å². The zero-order chi connectivity index (χ0) is 20.1. The third kappa shape index (κ3) is 5.63. The van der Waals surface area contributed by atoms with E-state index in [0.29, 0.717) is 20.7 Å². The molecule has 0 radical (unpaired) electrons. The van der Waals surface area contributed by atoms with E-state index in [4.69, 9.17) is 0 Å². The molecule has 0 saturated carbocycles. The Bertz CT molecular complexity index is 1010. The van der Waals surface area contributed by atoms with Gasteiger partial charge in [-0.2, -0.15) is 0 Å². The summed E-state index contributed by atoms with van der Waals surface area (Å²) in [5.74, 6) is -0.208. The highest BCUT2D eigenvalue weighted by molar-refractivity contribution is 9.10. The number of amides is 1. The number of carbonyl (C=O) groups is 2. The Kier molecular flexibility index (Phi) is 6.82. The zero-order valence-electron chi connectivity index (χ0n) is 15.1. The fourth-order valence-electron chi connectivity index (χ4n) is 2.26. The highest BCUT2D eigenvalue weighted by Crippen LogP contribution is 2.31. The molecule has 0 bridgehead atoms. The van der Waals surface area contributed by atoms with Crippen molar-refractivity contribution in [1.29, 1.82) is 0 Å². The SMILES string of the molecule is CC(=O)c1cccc(NC(=O)C(C)Sc2nnc(Nc3cccc(Br)c3)s2)c1. The standard InChI is InChI=1S/C19H17BrN4O2S2/c1-11(25)13-5-3-7-15(9-13)21-17(26)12(2)27-19-24-23-18(28-19)22-16-8-4-6-14(20)10-16/h3-10,12H,1-2H3,(H,21,26)(H,22,23). The maximum absolute atomic E-state index is 12.5. The minimum Gasteiger partial charge on any atom is -0.330 e. The number of aromatic nitrogens is 2. The van der Waals surface area contributed by atoms with Gasteiger partial charge in [-0.05, 0) is 44.2 Å². The summed E-state index contributed by atoms with van der Waals surface area (Å²) in [5.41, 5.74) is 2.06. The molecule has 6 nitrogen and oxygen atoms in total. The molecule has 28 heavy (non-hydrogen) atoms. The van der Waals surface area contributed by atoms with Gasteiger partial charge >= 0.3 is 0 Å². The third-order valence-electron chi connectivity index (χ3n) is 3.67. The number of ketones is 1. The predicted octanol–water partition coefficient (Wildman–Crippen LogP) is 5.37. The molecule has 0 fully saturated rings. The van der Waals surface area contributed by atoms with Gasteiger partial charge in [0.05, 0.1) is 5.25 Å². The highest BCUT2D eigenvalue weighted by atomic mass is 79.9. The number of thioether (sulfide) groups is 1. The highest BCUT2D eigenvalue weighted by Gasteiger charge is 2.18. The Balaban J connectivity index is 1.59. The second-order valence-corrected chi connectivity index (χ2v) is 9.38. The first kappa shape index (κ1) is 20.5. The number of carbonyl (C=O) groups excluding carboxylic acids is 2. The lowest BCUT2D eigenvalue weighted by Gasteiger charge is -2.10. The molecule has 0 saturated heterocycles. The Morgan fingerprint density at radius 3 is 2.61 bits per heavy atom. The van der Waals surface area contributed by atoms with Gasteiger partial charge in [0.25, 0.3) is 0 Å². The molecule has 3 rings (SSSR count). The van der Waals surface area contributed by atoms with Gasteiger partial charge in [0.2, 0.25) is 11.0 Å². The van der Waals surface area contributed by atoms with Gasteiger partial charge in [0.15, 0.2) is 10.1 Å². The summed E-state index contributed by atoms with van der Waals surface area (Å²) in [7, 11) is 0. The first-order chi connectivity index (χ1) is 13.4. The van der Waals surface area contributed by atoms with Crippen molar-refractivity contribution in [3.63, 3.8) is 0 Å². The molecule has 2 N–H and O–H groups in total. The number of rotatable bonds is 7. The van der Waals surface area contributed by atoms with Crippen LogP contribution >= 0.6 is 39.0 Å². The fourth-order valence-corrected chi connectivity index (χ4v) is 4.58. The number of halogens is 1. The number of benzene rings is 2. The topological polar surface area (TPSA) is 84.0 Å². The van der Waals surface area contributed by atoms with E-state index in [-0.39, 0.29) is 16.9 Å². The lowest BCUT2D eigenvalue weighted by molar-refractivity contribution is -0.115. The normalized spacial score (nSPS) is 11.7. The molecule has 1 amide bonds. The lowest BCUT2D eigenvalue weighted by atomic mass is 10.1. The Morgan fingerprint density at radius 2 is 1.86 bits per heavy atom. The zero-order valence-corrected chi connectivity index (χ0v) is 18.3. The van der Waals surface area contributed by atoms with Crippen molar-refractivity contribution in [1.82, 2.24) is 10.2 Å². The van der Waals surface area contributed by atoms with E-state index in [1.165, 1.54) is 30.0 Å². The van der Waals surface area contributed by atoms with Crippen molar-refractivity contribution < 1.29 is 9.59 Å². The molecule has 0 aliphatic heterocycles. The monoisotopic (exact) mass is 476 g/mol. The van der Waals surface area contributed by atoms with Crippen LogP contribution in [0.2, 0.25) is 0 Å². The quantitative estimate of drug-likeness (QED) is 0.352. The van der Waals surface area contributed by atoms with Crippen LogP contribution in [0, 0.1) is 0 Å². The molecule has 144 valence electrons. The Hall–Kier alpha value is -2.23. The predicted molar refractivity (Wildman–Crippen MR) is 118 cm³/mol. The van der Waals surface area contributed by atoms with Gasteiger partial charge in [-0.1, -0.05) is 57.2 Å². The van der Waals surface area contributed by atoms with Crippen molar-refractivity contribution in [3.8, 4) is 0 Å². The number of nitrogens with one attached hydrogen (secondary N) is 2. The molecule has 9 heteroatoms. The van der Waals surface area contributed by atoms with Crippen LogP contribution in [0.1, 0.15) is 24.2 Å². The molecule has 0 spiro atoms.